The molecule has 0 saturated heterocycles. The van der Waals surface area contributed by atoms with Crippen LogP contribution in [0.2, 0.25) is 0 Å². The van der Waals surface area contributed by atoms with Gasteiger partial charge in [0, 0.05) is 24.0 Å². The van der Waals surface area contributed by atoms with Gasteiger partial charge in [-0.3, -0.25) is 0 Å². The van der Waals surface area contributed by atoms with Gasteiger partial charge in [0.15, 0.2) is 0 Å². The van der Waals surface area contributed by atoms with Crippen molar-refractivity contribution in [3.8, 4) is 17.2 Å². The zero-order chi connectivity index (χ0) is 18.1. The molecule has 0 amide bonds. The van der Waals surface area contributed by atoms with E-state index < -0.39 is 0 Å². The molecular formula is C18H13N9. The Kier molecular flexibility index (Phi) is 3.53. The molecular weight excluding hydrogens is 342 g/mol. The molecule has 5 aromatic rings. The number of aromatic nitrogens is 8. The number of nitrogens with zero attached hydrogens (tertiary/aromatic N) is 8. The molecule has 0 unspecified atom stereocenters. The Morgan fingerprint density at radius 2 is 1.74 bits per heavy atom. The molecule has 0 saturated carbocycles. The summed E-state index contributed by atoms with van der Waals surface area (Å²) in [5.41, 5.74) is 2.57. The van der Waals surface area contributed by atoms with Gasteiger partial charge in [0.05, 0.1) is 23.8 Å². The second kappa shape index (κ2) is 6.30. The largest absolute Gasteiger partial charge is 0.337 e. The van der Waals surface area contributed by atoms with Gasteiger partial charge in [-0.2, -0.15) is 19.7 Å². The zero-order valence-electron chi connectivity index (χ0n) is 14.0. The van der Waals surface area contributed by atoms with Crippen LogP contribution in [0.5, 0.6) is 0 Å². The Morgan fingerprint density at radius 3 is 2.59 bits per heavy atom. The second-order valence-electron chi connectivity index (χ2n) is 5.71. The lowest BCUT2D eigenvalue weighted by atomic mass is 10.1. The van der Waals surface area contributed by atoms with E-state index in [0.29, 0.717) is 11.7 Å². The van der Waals surface area contributed by atoms with Crippen LogP contribution in [-0.4, -0.2) is 39.3 Å². The fourth-order valence-corrected chi connectivity index (χ4v) is 2.71. The third-order valence-electron chi connectivity index (χ3n) is 3.93. The van der Waals surface area contributed by atoms with Crippen molar-refractivity contribution in [2.75, 3.05) is 5.32 Å². The van der Waals surface area contributed by atoms with E-state index in [4.69, 9.17) is 0 Å². The molecule has 9 heteroatoms. The molecule has 9 nitrogen and oxygen atoms in total. The molecule has 4 aromatic heterocycles. The van der Waals surface area contributed by atoms with Gasteiger partial charge in [-0.25, -0.2) is 19.6 Å². The molecule has 0 spiro atoms. The van der Waals surface area contributed by atoms with Gasteiger partial charge in [-0.05, 0) is 6.07 Å². The molecule has 4 heterocycles. The fraction of sp³-hybridized carbons (Fsp3) is 0. The van der Waals surface area contributed by atoms with E-state index in [2.05, 4.69) is 35.5 Å². The third-order valence-corrected chi connectivity index (χ3v) is 3.93. The molecule has 0 aliphatic carbocycles. The van der Waals surface area contributed by atoms with Gasteiger partial charge in [-0.1, -0.05) is 30.3 Å². The summed E-state index contributed by atoms with van der Waals surface area (Å²) in [5.74, 6) is 1.73. The number of hydrogen-bond donors (Lipinski definition) is 1. The van der Waals surface area contributed by atoms with E-state index >= 15 is 0 Å². The fourth-order valence-electron chi connectivity index (χ4n) is 2.71. The van der Waals surface area contributed by atoms with Gasteiger partial charge in [0.1, 0.15) is 12.1 Å². The molecule has 0 radical (unpaired) electrons. The zero-order valence-corrected chi connectivity index (χ0v) is 14.0. The lowest BCUT2D eigenvalue weighted by molar-refractivity contribution is 0.808. The average molecular weight is 355 g/mol. The Hall–Kier alpha value is -4.14. The topological polar surface area (TPSA) is 98.7 Å². The summed E-state index contributed by atoms with van der Waals surface area (Å²) < 4.78 is 3.24. The second-order valence-corrected chi connectivity index (χ2v) is 5.71. The summed E-state index contributed by atoms with van der Waals surface area (Å²) in [6.45, 7) is 0. The van der Waals surface area contributed by atoms with E-state index in [1.165, 1.54) is 6.33 Å². The third kappa shape index (κ3) is 2.86. The van der Waals surface area contributed by atoms with Crippen LogP contribution in [0.4, 0.5) is 11.5 Å². The molecule has 0 fully saturated rings. The highest BCUT2D eigenvalue weighted by Crippen LogP contribution is 2.23. The predicted octanol–water partition coefficient (Wildman–Crippen LogP) is 2.51. The van der Waals surface area contributed by atoms with Crippen molar-refractivity contribution in [1.29, 1.82) is 0 Å². The Bertz CT molecular complexity index is 1200. The maximum absolute atomic E-state index is 4.57. The van der Waals surface area contributed by atoms with Crippen LogP contribution in [0.15, 0.2) is 73.6 Å². The highest BCUT2D eigenvalue weighted by atomic mass is 15.4. The smallest absolute Gasteiger partial charge is 0.254 e. The molecule has 0 bridgehead atoms. The van der Waals surface area contributed by atoms with Crippen LogP contribution in [-0.2, 0) is 0 Å². The molecule has 130 valence electrons. The standard InChI is InChI=1S/C18H13N9/c1-2-5-13(6-3-1)15-9-16(27-18(25-15)21-12-23-27)24-14-10-22-26(11-14)17-19-7-4-8-20-17/h1-12,24H. The van der Waals surface area contributed by atoms with E-state index in [9.17, 15) is 0 Å². The lowest BCUT2D eigenvalue weighted by Gasteiger charge is -2.08. The minimum absolute atomic E-state index is 0.496. The number of anilines is 2. The number of hydrogen-bond acceptors (Lipinski definition) is 7. The van der Waals surface area contributed by atoms with Crippen LogP contribution in [0.3, 0.4) is 0 Å². The van der Waals surface area contributed by atoms with Crippen LogP contribution >= 0.6 is 0 Å². The summed E-state index contributed by atoms with van der Waals surface area (Å²) in [5, 5.41) is 11.9. The number of rotatable bonds is 4. The highest BCUT2D eigenvalue weighted by molar-refractivity contribution is 5.67. The van der Waals surface area contributed by atoms with E-state index in [1.54, 1.807) is 40.1 Å². The van der Waals surface area contributed by atoms with Gasteiger partial charge >= 0.3 is 0 Å². The van der Waals surface area contributed by atoms with E-state index in [0.717, 1.165) is 22.8 Å². The first kappa shape index (κ1) is 15.1. The first-order chi connectivity index (χ1) is 13.4. The molecule has 0 aliphatic heterocycles. The van der Waals surface area contributed by atoms with Gasteiger partial charge in [-0.15, -0.1) is 0 Å². The summed E-state index contributed by atoms with van der Waals surface area (Å²) in [6.07, 6.45) is 8.32. The minimum atomic E-state index is 0.496. The monoisotopic (exact) mass is 355 g/mol. The Balaban J connectivity index is 1.53. The number of fused-ring (bicyclic) bond motifs is 1. The molecule has 0 atom stereocenters. The van der Waals surface area contributed by atoms with Crippen molar-refractivity contribution in [2.24, 2.45) is 0 Å². The highest BCUT2D eigenvalue weighted by Gasteiger charge is 2.11. The van der Waals surface area contributed by atoms with Crippen molar-refractivity contribution in [3.05, 3.63) is 73.6 Å². The Morgan fingerprint density at radius 1 is 0.889 bits per heavy atom. The summed E-state index contributed by atoms with van der Waals surface area (Å²) in [4.78, 5) is 17.2. The van der Waals surface area contributed by atoms with Crippen molar-refractivity contribution >= 4 is 17.3 Å². The van der Waals surface area contributed by atoms with Crippen LogP contribution in [0.1, 0.15) is 0 Å². The first-order valence-corrected chi connectivity index (χ1v) is 8.22. The SMILES string of the molecule is c1ccc(-c2cc(Nc3cnn(-c4ncccn4)c3)n3ncnc3n2)cc1. The number of benzene rings is 1. The average Bonchev–Trinajstić information content (AvgIpc) is 3.39. The molecule has 5 rings (SSSR count). The van der Waals surface area contributed by atoms with Gasteiger partial charge in [0.25, 0.3) is 5.78 Å². The predicted molar refractivity (Wildman–Crippen MR) is 98.7 cm³/mol. The van der Waals surface area contributed by atoms with Crippen LogP contribution < -0.4 is 5.32 Å². The van der Waals surface area contributed by atoms with Crippen molar-refractivity contribution in [2.45, 2.75) is 0 Å². The molecule has 0 aliphatic rings. The van der Waals surface area contributed by atoms with E-state index in [1.807, 2.05) is 36.4 Å². The normalized spacial score (nSPS) is 11.0. The van der Waals surface area contributed by atoms with Crippen molar-refractivity contribution < 1.29 is 0 Å². The van der Waals surface area contributed by atoms with Crippen LogP contribution in [0.25, 0.3) is 23.0 Å². The number of nitrogens with one attached hydrogen (secondary N) is 1. The molecule has 27 heavy (non-hydrogen) atoms. The molecule has 1 N–H and O–H groups in total. The van der Waals surface area contributed by atoms with E-state index in [-0.39, 0.29) is 0 Å². The lowest BCUT2D eigenvalue weighted by Crippen LogP contribution is -2.02. The Labute approximate surface area is 153 Å². The summed E-state index contributed by atoms with van der Waals surface area (Å²) >= 11 is 0. The van der Waals surface area contributed by atoms with Crippen LogP contribution in [0, 0.1) is 0 Å². The first-order valence-electron chi connectivity index (χ1n) is 8.22. The quantitative estimate of drug-likeness (QED) is 0.529. The molecule has 1 aromatic carbocycles. The maximum Gasteiger partial charge on any atom is 0.254 e. The summed E-state index contributed by atoms with van der Waals surface area (Å²) in [6, 6.07) is 13.6. The van der Waals surface area contributed by atoms with Crippen molar-refractivity contribution in [3.63, 3.8) is 0 Å². The van der Waals surface area contributed by atoms with Gasteiger partial charge < -0.3 is 5.32 Å². The van der Waals surface area contributed by atoms with Crippen molar-refractivity contribution in [1.82, 2.24) is 39.3 Å². The van der Waals surface area contributed by atoms with Gasteiger partial charge in [0.2, 0.25) is 5.95 Å². The minimum Gasteiger partial charge on any atom is -0.337 e. The maximum atomic E-state index is 4.57. The summed E-state index contributed by atoms with van der Waals surface area (Å²) in [7, 11) is 0.